The zero-order valence-corrected chi connectivity index (χ0v) is 19.8. The molecule has 0 saturated carbocycles. The minimum Gasteiger partial charge on any atom is -0.374 e. The standard InChI is InChI=1S/C30H36N2/c1-4-6-10-23-14-18-25(19-15-23)29-22-30(3,32-28-13-9-8-12-27(28)31-29)26-20-16-24(17-21-26)11-7-5-2/h8-9,12-21,32H,4-7,10-11,22H2,1-3H3/t30-/m1/s1. The Hall–Kier alpha value is -2.87. The average Bonchev–Trinajstić information content (AvgIpc) is 2.98. The van der Waals surface area contributed by atoms with Gasteiger partial charge in [-0.25, -0.2) is 0 Å². The number of hydrogen-bond acceptors (Lipinski definition) is 2. The highest BCUT2D eigenvalue weighted by Gasteiger charge is 2.32. The number of fused-ring (bicyclic) bond motifs is 1. The molecule has 4 rings (SSSR count). The molecule has 3 aromatic rings. The van der Waals surface area contributed by atoms with Gasteiger partial charge in [0.2, 0.25) is 0 Å². The monoisotopic (exact) mass is 424 g/mol. The van der Waals surface area contributed by atoms with Crippen molar-refractivity contribution < 1.29 is 0 Å². The number of para-hydroxylation sites is 2. The fourth-order valence-electron chi connectivity index (χ4n) is 4.54. The Morgan fingerprint density at radius 3 is 2.00 bits per heavy atom. The second-order valence-electron chi connectivity index (χ2n) is 9.31. The zero-order chi connectivity index (χ0) is 22.4. The highest BCUT2D eigenvalue weighted by Crippen LogP contribution is 2.39. The number of benzene rings is 3. The molecular formula is C30H36N2. The summed E-state index contributed by atoms with van der Waals surface area (Å²) in [7, 11) is 0. The summed E-state index contributed by atoms with van der Waals surface area (Å²) in [5.74, 6) is 0. The van der Waals surface area contributed by atoms with E-state index in [1.54, 1.807) is 0 Å². The van der Waals surface area contributed by atoms with Gasteiger partial charge in [0.15, 0.2) is 0 Å². The predicted molar refractivity (Wildman–Crippen MR) is 138 cm³/mol. The van der Waals surface area contributed by atoms with Crippen LogP contribution in [0.3, 0.4) is 0 Å². The summed E-state index contributed by atoms with van der Waals surface area (Å²) in [4.78, 5) is 5.13. The van der Waals surface area contributed by atoms with Crippen molar-refractivity contribution in [2.24, 2.45) is 4.99 Å². The van der Waals surface area contributed by atoms with Gasteiger partial charge in [-0.1, -0.05) is 87.4 Å². The van der Waals surface area contributed by atoms with Crippen LogP contribution in [0, 0.1) is 0 Å². The van der Waals surface area contributed by atoms with Crippen LogP contribution < -0.4 is 5.32 Å². The third-order valence-electron chi connectivity index (χ3n) is 6.61. The molecule has 1 aliphatic heterocycles. The van der Waals surface area contributed by atoms with Gasteiger partial charge < -0.3 is 5.32 Å². The minimum atomic E-state index is -0.227. The molecule has 0 bridgehead atoms. The highest BCUT2D eigenvalue weighted by atomic mass is 15.0. The van der Waals surface area contributed by atoms with E-state index in [4.69, 9.17) is 4.99 Å². The maximum atomic E-state index is 5.13. The molecule has 0 aromatic heterocycles. The lowest BCUT2D eigenvalue weighted by atomic mass is 9.84. The average molecular weight is 425 g/mol. The van der Waals surface area contributed by atoms with Gasteiger partial charge in [-0.3, -0.25) is 4.99 Å². The molecule has 1 atom stereocenters. The van der Waals surface area contributed by atoms with Gasteiger partial charge in [0.05, 0.1) is 22.6 Å². The highest BCUT2D eigenvalue weighted by molar-refractivity contribution is 6.04. The van der Waals surface area contributed by atoms with Gasteiger partial charge in [0.25, 0.3) is 0 Å². The normalized spacial score (nSPS) is 17.8. The van der Waals surface area contributed by atoms with E-state index in [9.17, 15) is 0 Å². The molecule has 0 radical (unpaired) electrons. The number of anilines is 1. The predicted octanol–water partition coefficient (Wildman–Crippen LogP) is 8.22. The number of nitrogens with zero attached hydrogens (tertiary/aromatic N) is 1. The third kappa shape index (κ3) is 5.12. The van der Waals surface area contributed by atoms with Gasteiger partial charge in [0, 0.05) is 6.42 Å². The Bertz CT molecular complexity index is 1050. The molecule has 2 nitrogen and oxygen atoms in total. The van der Waals surface area contributed by atoms with Crippen LogP contribution in [-0.2, 0) is 18.4 Å². The molecular weight excluding hydrogens is 388 g/mol. The molecule has 166 valence electrons. The van der Waals surface area contributed by atoms with Crippen molar-refractivity contribution in [3.05, 3.63) is 95.1 Å². The second kappa shape index (κ2) is 10.2. The number of rotatable bonds is 8. The Labute approximate surface area is 193 Å². The fourth-order valence-corrected chi connectivity index (χ4v) is 4.54. The zero-order valence-electron chi connectivity index (χ0n) is 19.8. The van der Waals surface area contributed by atoms with Crippen LogP contribution >= 0.6 is 0 Å². The Morgan fingerprint density at radius 1 is 0.781 bits per heavy atom. The molecule has 1 N–H and O–H groups in total. The fraction of sp³-hybridized carbons (Fsp3) is 0.367. The topological polar surface area (TPSA) is 24.4 Å². The first-order valence-electron chi connectivity index (χ1n) is 12.2. The van der Waals surface area contributed by atoms with Crippen LogP contribution in [0.2, 0.25) is 0 Å². The Kier molecular flexibility index (Phi) is 7.09. The molecule has 0 amide bonds. The molecule has 1 heterocycles. The molecule has 0 unspecified atom stereocenters. The maximum absolute atomic E-state index is 5.13. The van der Waals surface area contributed by atoms with Crippen molar-refractivity contribution in [1.29, 1.82) is 0 Å². The summed E-state index contributed by atoms with van der Waals surface area (Å²) >= 11 is 0. The lowest BCUT2D eigenvalue weighted by molar-refractivity contribution is 0.571. The quantitative estimate of drug-likeness (QED) is 0.387. The van der Waals surface area contributed by atoms with E-state index in [0.717, 1.165) is 36.3 Å². The SMILES string of the molecule is CCCCc1ccc(C2=Nc3ccccc3N[C@@](C)(c3ccc(CCCC)cc3)C2)cc1. The van der Waals surface area contributed by atoms with Crippen molar-refractivity contribution in [2.75, 3.05) is 5.32 Å². The summed E-state index contributed by atoms with van der Waals surface area (Å²) < 4.78 is 0. The van der Waals surface area contributed by atoms with E-state index in [1.165, 1.54) is 47.9 Å². The maximum Gasteiger partial charge on any atom is 0.0864 e. The summed E-state index contributed by atoms with van der Waals surface area (Å²) in [6.07, 6.45) is 8.08. The molecule has 32 heavy (non-hydrogen) atoms. The van der Waals surface area contributed by atoms with Crippen molar-refractivity contribution in [1.82, 2.24) is 0 Å². The number of hydrogen-bond donors (Lipinski definition) is 1. The van der Waals surface area contributed by atoms with Crippen LogP contribution in [0.15, 0.2) is 77.8 Å². The van der Waals surface area contributed by atoms with E-state index >= 15 is 0 Å². The molecule has 0 aliphatic carbocycles. The molecule has 1 aliphatic rings. The molecule has 3 aromatic carbocycles. The lowest BCUT2D eigenvalue weighted by Gasteiger charge is -2.32. The number of nitrogens with one attached hydrogen (secondary N) is 1. The van der Waals surface area contributed by atoms with Crippen molar-refractivity contribution >= 4 is 17.1 Å². The van der Waals surface area contributed by atoms with Crippen LogP contribution in [0.4, 0.5) is 11.4 Å². The van der Waals surface area contributed by atoms with Crippen molar-refractivity contribution in [3.8, 4) is 0 Å². The molecule has 0 spiro atoms. The summed E-state index contributed by atoms with van der Waals surface area (Å²) in [5.41, 5.74) is 8.38. The van der Waals surface area contributed by atoms with Crippen molar-refractivity contribution in [2.45, 2.75) is 71.3 Å². The van der Waals surface area contributed by atoms with E-state index in [0.29, 0.717) is 0 Å². The first-order valence-corrected chi connectivity index (χ1v) is 12.2. The van der Waals surface area contributed by atoms with E-state index in [-0.39, 0.29) is 5.54 Å². The van der Waals surface area contributed by atoms with Crippen LogP contribution in [-0.4, -0.2) is 5.71 Å². The number of aryl methyl sites for hydroxylation is 2. The second-order valence-corrected chi connectivity index (χ2v) is 9.31. The van der Waals surface area contributed by atoms with E-state index in [2.05, 4.69) is 98.9 Å². The first-order chi connectivity index (χ1) is 15.6. The van der Waals surface area contributed by atoms with Crippen molar-refractivity contribution in [3.63, 3.8) is 0 Å². The van der Waals surface area contributed by atoms with Gasteiger partial charge in [-0.05, 0) is 67.0 Å². The van der Waals surface area contributed by atoms with E-state index in [1.807, 2.05) is 0 Å². The first kappa shape index (κ1) is 22.3. The lowest BCUT2D eigenvalue weighted by Crippen LogP contribution is -2.33. The Balaban J connectivity index is 1.67. The Morgan fingerprint density at radius 2 is 1.38 bits per heavy atom. The summed E-state index contributed by atoms with van der Waals surface area (Å²) in [6.45, 7) is 6.80. The van der Waals surface area contributed by atoms with Crippen LogP contribution in [0.5, 0.6) is 0 Å². The third-order valence-corrected chi connectivity index (χ3v) is 6.61. The molecule has 0 saturated heterocycles. The minimum absolute atomic E-state index is 0.227. The van der Waals surface area contributed by atoms with Crippen LogP contribution in [0.1, 0.15) is 75.1 Å². The van der Waals surface area contributed by atoms with Gasteiger partial charge >= 0.3 is 0 Å². The molecule has 0 fully saturated rings. The summed E-state index contributed by atoms with van der Waals surface area (Å²) in [5, 5.41) is 3.84. The number of aliphatic imine (C=N–C) groups is 1. The van der Waals surface area contributed by atoms with Gasteiger partial charge in [-0.15, -0.1) is 0 Å². The largest absolute Gasteiger partial charge is 0.374 e. The van der Waals surface area contributed by atoms with Gasteiger partial charge in [0.1, 0.15) is 0 Å². The smallest absolute Gasteiger partial charge is 0.0864 e. The summed E-state index contributed by atoms with van der Waals surface area (Å²) in [6, 6.07) is 26.7. The van der Waals surface area contributed by atoms with Crippen LogP contribution in [0.25, 0.3) is 0 Å². The number of unbranched alkanes of at least 4 members (excludes halogenated alkanes) is 2. The van der Waals surface area contributed by atoms with E-state index < -0.39 is 0 Å². The van der Waals surface area contributed by atoms with Gasteiger partial charge in [-0.2, -0.15) is 0 Å². The molecule has 2 heteroatoms.